The summed E-state index contributed by atoms with van der Waals surface area (Å²) in [5.74, 6) is 2.23. The van der Waals surface area contributed by atoms with E-state index in [0.717, 1.165) is 37.6 Å². The number of anilines is 1. The molecule has 0 spiro atoms. The maximum absolute atomic E-state index is 4.50. The second kappa shape index (κ2) is 8.01. The first-order valence-corrected chi connectivity index (χ1v) is 9.86. The fourth-order valence-corrected chi connectivity index (χ4v) is 3.44. The van der Waals surface area contributed by atoms with E-state index in [-0.39, 0.29) is 0 Å². The highest BCUT2D eigenvalue weighted by Crippen LogP contribution is 2.29. The molecule has 0 amide bonds. The number of rotatable bonds is 5. The number of hydrogen-bond acceptors (Lipinski definition) is 6. The highest BCUT2D eigenvalue weighted by Gasteiger charge is 2.11. The Morgan fingerprint density at radius 3 is 2.43 bits per heavy atom. The van der Waals surface area contributed by atoms with Crippen molar-refractivity contribution in [2.75, 3.05) is 5.32 Å². The van der Waals surface area contributed by atoms with Gasteiger partial charge in [0.2, 0.25) is 5.82 Å². The standard InChI is InChI=1S/C20H18IN7/c1-12-18(21)20(24-13(2)23-12)22-11-14-7-9-15(10-8-14)16-5-3-4-6-17(16)19-25-27-28-26-19/h3-10H,11H2,1-2H3,(H,22,23,24)(H,25,26,27,28). The first kappa shape index (κ1) is 18.5. The van der Waals surface area contributed by atoms with Gasteiger partial charge in [0.1, 0.15) is 11.6 Å². The molecule has 0 saturated carbocycles. The van der Waals surface area contributed by atoms with Crippen LogP contribution in [0, 0.1) is 17.4 Å². The normalized spacial score (nSPS) is 10.8. The highest BCUT2D eigenvalue weighted by molar-refractivity contribution is 14.1. The SMILES string of the molecule is Cc1nc(C)c(I)c(NCc2ccc(-c3ccccc3-c3nn[nH]n3)cc2)n1. The van der Waals surface area contributed by atoms with Crippen LogP contribution >= 0.6 is 22.6 Å². The van der Waals surface area contributed by atoms with E-state index < -0.39 is 0 Å². The number of aromatic nitrogens is 6. The molecule has 2 aromatic carbocycles. The zero-order valence-electron chi connectivity index (χ0n) is 15.4. The predicted molar refractivity (Wildman–Crippen MR) is 117 cm³/mol. The number of tetrazole rings is 1. The summed E-state index contributed by atoms with van der Waals surface area (Å²) >= 11 is 2.28. The van der Waals surface area contributed by atoms with Crippen molar-refractivity contribution in [3.63, 3.8) is 0 Å². The van der Waals surface area contributed by atoms with Gasteiger partial charge < -0.3 is 5.32 Å². The van der Waals surface area contributed by atoms with Crippen LogP contribution in [-0.4, -0.2) is 30.6 Å². The minimum Gasteiger partial charge on any atom is -0.365 e. The van der Waals surface area contributed by atoms with Crippen LogP contribution in [0.15, 0.2) is 48.5 Å². The molecule has 4 rings (SSSR count). The van der Waals surface area contributed by atoms with Gasteiger partial charge in [0, 0.05) is 12.1 Å². The van der Waals surface area contributed by atoms with Crippen molar-refractivity contribution < 1.29 is 0 Å². The number of hydrogen-bond donors (Lipinski definition) is 2. The Morgan fingerprint density at radius 2 is 1.71 bits per heavy atom. The van der Waals surface area contributed by atoms with Gasteiger partial charge in [-0.1, -0.05) is 48.5 Å². The van der Waals surface area contributed by atoms with Crippen LogP contribution in [-0.2, 0) is 6.54 Å². The Kier molecular flexibility index (Phi) is 5.29. The topological polar surface area (TPSA) is 92.3 Å². The number of nitrogens with one attached hydrogen (secondary N) is 2. The van der Waals surface area contributed by atoms with E-state index in [2.05, 4.69) is 88.8 Å². The van der Waals surface area contributed by atoms with E-state index >= 15 is 0 Å². The molecule has 0 aliphatic carbocycles. The molecule has 2 heterocycles. The molecule has 7 nitrogen and oxygen atoms in total. The molecule has 0 atom stereocenters. The quantitative estimate of drug-likeness (QED) is 0.415. The maximum atomic E-state index is 4.50. The zero-order valence-corrected chi connectivity index (χ0v) is 17.6. The van der Waals surface area contributed by atoms with E-state index in [1.807, 2.05) is 32.0 Å². The van der Waals surface area contributed by atoms with Crippen LogP contribution in [0.5, 0.6) is 0 Å². The molecule has 0 fully saturated rings. The summed E-state index contributed by atoms with van der Waals surface area (Å²) in [5.41, 5.74) is 5.28. The van der Waals surface area contributed by atoms with Gasteiger partial charge in [-0.05, 0) is 58.3 Å². The average Bonchev–Trinajstić information content (AvgIpc) is 3.25. The van der Waals surface area contributed by atoms with Crippen LogP contribution in [0.1, 0.15) is 17.1 Å². The summed E-state index contributed by atoms with van der Waals surface area (Å²) in [6.45, 7) is 4.60. The lowest BCUT2D eigenvalue weighted by molar-refractivity contribution is 0.881. The molecule has 0 saturated heterocycles. The summed E-state index contributed by atoms with van der Waals surface area (Å²) in [6, 6.07) is 16.5. The van der Waals surface area contributed by atoms with Crippen molar-refractivity contribution in [2.45, 2.75) is 20.4 Å². The van der Waals surface area contributed by atoms with Crippen molar-refractivity contribution in [1.29, 1.82) is 0 Å². The molecule has 8 heteroatoms. The van der Waals surface area contributed by atoms with Gasteiger partial charge >= 0.3 is 0 Å². The van der Waals surface area contributed by atoms with Gasteiger partial charge in [0.15, 0.2) is 0 Å². The van der Waals surface area contributed by atoms with Gasteiger partial charge in [-0.3, -0.25) is 0 Å². The van der Waals surface area contributed by atoms with Gasteiger partial charge in [-0.2, -0.15) is 5.21 Å². The summed E-state index contributed by atoms with van der Waals surface area (Å²) in [6.07, 6.45) is 0. The van der Waals surface area contributed by atoms with E-state index in [1.165, 1.54) is 5.56 Å². The van der Waals surface area contributed by atoms with E-state index in [4.69, 9.17) is 0 Å². The van der Waals surface area contributed by atoms with Gasteiger partial charge in [-0.15, -0.1) is 10.2 Å². The highest BCUT2D eigenvalue weighted by atomic mass is 127. The lowest BCUT2D eigenvalue weighted by Gasteiger charge is -2.11. The molecular formula is C20H18IN7. The molecule has 0 unspecified atom stereocenters. The first-order valence-electron chi connectivity index (χ1n) is 8.78. The van der Waals surface area contributed by atoms with Crippen LogP contribution in [0.4, 0.5) is 5.82 Å². The Balaban J connectivity index is 1.55. The molecule has 2 aromatic heterocycles. The third-order valence-electron chi connectivity index (χ3n) is 4.37. The number of H-pyrrole nitrogens is 1. The minimum absolute atomic E-state index is 0.588. The van der Waals surface area contributed by atoms with Crippen LogP contribution in [0.3, 0.4) is 0 Å². The van der Waals surface area contributed by atoms with Crippen molar-refractivity contribution in [3.8, 4) is 22.5 Å². The van der Waals surface area contributed by atoms with Crippen molar-refractivity contribution in [1.82, 2.24) is 30.6 Å². The van der Waals surface area contributed by atoms with Gasteiger partial charge in [0.25, 0.3) is 0 Å². The average molecular weight is 483 g/mol. The monoisotopic (exact) mass is 483 g/mol. The third-order valence-corrected chi connectivity index (χ3v) is 5.66. The molecule has 4 aromatic rings. The van der Waals surface area contributed by atoms with Crippen LogP contribution < -0.4 is 5.32 Å². The fraction of sp³-hybridized carbons (Fsp3) is 0.150. The summed E-state index contributed by atoms with van der Waals surface area (Å²) in [4.78, 5) is 8.89. The number of benzene rings is 2. The number of halogens is 1. The van der Waals surface area contributed by atoms with Gasteiger partial charge in [-0.25, -0.2) is 9.97 Å². The minimum atomic E-state index is 0.588. The first-order chi connectivity index (χ1) is 13.6. The third kappa shape index (κ3) is 3.86. The Morgan fingerprint density at radius 1 is 0.964 bits per heavy atom. The van der Waals surface area contributed by atoms with Crippen molar-refractivity contribution >= 4 is 28.4 Å². The second-order valence-electron chi connectivity index (χ2n) is 6.35. The van der Waals surface area contributed by atoms with E-state index in [1.54, 1.807) is 0 Å². The van der Waals surface area contributed by atoms with Crippen LogP contribution in [0.25, 0.3) is 22.5 Å². The Bertz CT molecular complexity index is 1090. The Hall–Kier alpha value is -2.88. The number of nitrogens with zero attached hydrogens (tertiary/aromatic N) is 5. The molecule has 140 valence electrons. The van der Waals surface area contributed by atoms with E-state index in [9.17, 15) is 0 Å². The van der Waals surface area contributed by atoms with Crippen LogP contribution in [0.2, 0.25) is 0 Å². The lowest BCUT2D eigenvalue weighted by Crippen LogP contribution is -2.07. The Labute approximate surface area is 176 Å². The maximum Gasteiger partial charge on any atom is 0.205 e. The number of aryl methyl sites for hydroxylation is 2. The van der Waals surface area contributed by atoms with Crippen molar-refractivity contribution in [3.05, 3.63) is 69.2 Å². The predicted octanol–water partition coefficient (Wildman–Crippen LogP) is 4.16. The lowest BCUT2D eigenvalue weighted by atomic mass is 9.98. The van der Waals surface area contributed by atoms with E-state index in [0.29, 0.717) is 12.4 Å². The molecular weight excluding hydrogens is 465 g/mol. The van der Waals surface area contributed by atoms with Crippen molar-refractivity contribution in [2.24, 2.45) is 0 Å². The molecule has 28 heavy (non-hydrogen) atoms. The molecule has 2 N–H and O–H groups in total. The number of aromatic amines is 1. The second-order valence-corrected chi connectivity index (χ2v) is 7.43. The largest absolute Gasteiger partial charge is 0.365 e. The summed E-state index contributed by atoms with van der Waals surface area (Å²) in [5, 5.41) is 17.8. The zero-order chi connectivity index (χ0) is 19.5. The molecule has 0 aliphatic heterocycles. The molecule has 0 bridgehead atoms. The summed E-state index contributed by atoms with van der Waals surface area (Å²) in [7, 11) is 0. The smallest absolute Gasteiger partial charge is 0.205 e. The van der Waals surface area contributed by atoms with Gasteiger partial charge in [0.05, 0.1) is 9.26 Å². The molecule has 0 radical (unpaired) electrons. The molecule has 0 aliphatic rings. The fourth-order valence-electron chi connectivity index (χ4n) is 3.01. The summed E-state index contributed by atoms with van der Waals surface area (Å²) < 4.78 is 1.05.